The Bertz CT molecular complexity index is 795. The minimum Gasteiger partial charge on any atom is -0.476 e. The number of aromatic nitrogens is 2. The Morgan fingerprint density at radius 1 is 1.21 bits per heavy atom. The molecule has 126 valence electrons. The summed E-state index contributed by atoms with van der Waals surface area (Å²) in [7, 11) is 0. The number of anilines is 1. The highest BCUT2D eigenvalue weighted by Gasteiger charge is 2.28. The SMILES string of the molecule is CC(=O)NC(C)(C)C(=O)Nc1cccc(-n2ccc(C(=O)O)n2)c1. The van der Waals surface area contributed by atoms with Gasteiger partial charge in [0.15, 0.2) is 5.69 Å². The summed E-state index contributed by atoms with van der Waals surface area (Å²) in [5, 5.41) is 18.1. The molecule has 3 N–H and O–H groups in total. The molecule has 0 bridgehead atoms. The zero-order valence-electron chi connectivity index (χ0n) is 13.5. The Morgan fingerprint density at radius 3 is 2.50 bits per heavy atom. The Morgan fingerprint density at radius 2 is 1.92 bits per heavy atom. The lowest BCUT2D eigenvalue weighted by Crippen LogP contribution is -2.51. The Hall–Kier alpha value is -3.16. The quantitative estimate of drug-likeness (QED) is 0.767. The van der Waals surface area contributed by atoms with Crippen LogP contribution in [0.25, 0.3) is 5.69 Å². The molecule has 0 aliphatic carbocycles. The molecule has 0 radical (unpaired) electrons. The minimum absolute atomic E-state index is 0.0729. The van der Waals surface area contributed by atoms with Gasteiger partial charge >= 0.3 is 5.97 Å². The van der Waals surface area contributed by atoms with E-state index in [4.69, 9.17) is 5.11 Å². The molecule has 2 amide bonds. The molecule has 0 atom stereocenters. The van der Waals surface area contributed by atoms with Gasteiger partial charge in [-0.3, -0.25) is 9.59 Å². The summed E-state index contributed by atoms with van der Waals surface area (Å²) in [4.78, 5) is 34.3. The molecule has 0 fully saturated rings. The minimum atomic E-state index is -1.12. The summed E-state index contributed by atoms with van der Waals surface area (Å²) in [5.74, 6) is -1.79. The normalized spacial score (nSPS) is 11.0. The van der Waals surface area contributed by atoms with Gasteiger partial charge in [-0.2, -0.15) is 5.10 Å². The third kappa shape index (κ3) is 3.97. The molecule has 0 aliphatic rings. The fourth-order valence-corrected chi connectivity index (χ4v) is 2.09. The number of carboxylic acids is 1. The molecule has 0 saturated heterocycles. The highest BCUT2D eigenvalue weighted by atomic mass is 16.4. The zero-order valence-corrected chi connectivity index (χ0v) is 13.5. The van der Waals surface area contributed by atoms with E-state index < -0.39 is 11.5 Å². The molecule has 24 heavy (non-hydrogen) atoms. The molecule has 2 aromatic rings. The summed E-state index contributed by atoms with van der Waals surface area (Å²) in [6.45, 7) is 4.54. The van der Waals surface area contributed by atoms with E-state index in [0.29, 0.717) is 11.4 Å². The number of carboxylic acid groups (broad SMARTS) is 1. The van der Waals surface area contributed by atoms with Gasteiger partial charge in [0, 0.05) is 18.8 Å². The van der Waals surface area contributed by atoms with Crippen LogP contribution in [0.2, 0.25) is 0 Å². The first kappa shape index (κ1) is 17.2. The fraction of sp³-hybridized carbons (Fsp3) is 0.250. The van der Waals surface area contributed by atoms with Crippen molar-refractivity contribution in [1.82, 2.24) is 15.1 Å². The van der Waals surface area contributed by atoms with Crippen molar-refractivity contribution < 1.29 is 19.5 Å². The van der Waals surface area contributed by atoms with E-state index >= 15 is 0 Å². The van der Waals surface area contributed by atoms with Gasteiger partial charge in [-0.25, -0.2) is 9.48 Å². The average Bonchev–Trinajstić information content (AvgIpc) is 2.96. The Kier molecular flexibility index (Phi) is 4.68. The molecule has 0 saturated carbocycles. The average molecular weight is 330 g/mol. The maximum absolute atomic E-state index is 12.3. The molecule has 0 spiro atoms. The van der Waals surface area contributed by atoms with Crippen LogP contribution in [0.5, 0.6) is 0 Å². The van der Waals surface area contributed by atoms with E-state index in [0.717, 1.165) is 0 Å². The number of nitrogens with zero attached hydrogens (tertiary/aromatic N) is 2. The topological polar surface area (TPSA) is 113 Å². The van der Waals surface area contributed by atoms with Crippen LogP contribution in [0.1, 0.15) is 31.3 Å². The molecule has 0 unspecified atom stereocenters. The number of benzene rings is 1. The largest absolute Gasteiger partial charge is 0.476 e. The fourth-order valence-electron chi connectivity index (χ4n) is 2.09. The van der Waals surface area contributed by atoms with Crippen molar-refractivity contribution in [3.05, 3.63) is 42.2 Å². The van der Waals surface area contributed by atoms with E-state index in [9.17, 15) is 14.4 Å². The van der Waals surface area contributed by atoms with E-state index in [1.165, 1.54) is 23.9 Å². The van der Waals surface area contributed by atoms with Crippen molar-refractivity contribution in [2.24, 2.45) is 0 Å². The first-order chi connectivity index (χ1) is 11.2. The van der Waals surface area contributed by atoms with E-state index in [-0.39, 0.29) is 17.5 Å². The van der Waals surface area contributed by atoms with Crippen LogP contribution < -0.4 is 10.6 Å². The number of amides is 2. The highest BCUT2D eigenvalue weighted by molar-refractivity contribution is 5.99. The van der Waals surface area contributed by atoms with E-state index in [1.54, 1.807) is 38.1 Å². The van der Waals surface area contributed by atoms with Crippen molar-refractivity contribution in [3.63, 3.8) is 0 Å². The molecule has 0 aliphatic heterocycles. The summed E-state index contributed by atoms with van der Waals surface area (Å²) in [6.07, 6.45) is 1.52. The van der Waals surface area contributed by atoms with Gasteiger partial charge < -0.3 is 15.7 Å². The highest BCUT2D eigenvalue weighted by Crippen LogP contribution is 2.16. The monoisotopic (exact) mass is 330 g/mol. The first-order valence-electron chi connectivity index (χ1n) is 7.18. The van der Waals surface area contributed by atoms with E-state index in [1.807, 2.05) is 0 Å². The predicted molar refractivity (Wildman–Crippen MR) is 87.0 cm³/mol. The lowest BCUT2D eigenvalue weighted by atomic mass is 10.0. The maximum Gasteiger partial charge on any atom is 0.356 e. The van der Waals surface area contributed by atoms with Crippen LogP contribution in [0.15, 0.2) is 36.5 Å². The summed E-state index contributed by atoms with van der Waals surface area (Å²) < 4.78 is 1.40. The van der Waals surface area contributed by atoms with Gasteiger partial charge in [-0.05, 0) is 38.1 Å². The van der Waals surface area contributed by atoms with Gasteiger partial charge in [-0.1, -0.05) is 6.07 Å². The molecule has 1 aromatic heterocycles. The van der Waals surface area contributed by atoms with Gasteiger partial charge in [0.05, 0.1) is 5.69 Å². The number of carbonyl (C=O) groups is 3. The third-order valence-corrected chi connectivity index (χ3v) is 3.23. The second-order valence-corrected chi connectivity index (χ2v) is 5.76. The first-order valence-corrected chi connectivity index (χ1v) is 7.18. The van der Waals surface area contributed by atoms with Crippen molar-refractivity contribution in [2.75, 3.05) is 5.32 Å². The zero-order chi connectivity index (χ0) is 17.9. The molecule has 8 nitrogen and oxygen atoms in total. The lowest BCUT2D eigenvalue weighted by Gasteiger charge is -2.24. The Labute approximate surface area is 138 Å². The molecular weight excluding hydrogens is 312 g/mol. The van der Waals surface area contributed by atoms with Gasteiger partial charge in [-0.15, -0.1) is 0 Å². The summed E-state index contributed by atoms with van der Waals surface area (Å²) in [5.41, 5.74) is -0.0403. The van der Waals surface area contributed by atoms with Crippen LogP contribution in [0, 0.1) is 0 Å². The van der Waals surface area contributed by atoms with Crippen molar-refractivity contribution in [1.29, 1.82) is 0 Å². The summed E-state index contributed by atoms with van der Waals surface area (Å²) in [6, 6.07) is 8.16. The number of nitrogens with one attached hydrogen (secondary N) is 2. The van der Waals surface area contributed by atoms with Gasteiger partial charge in [0.1, 0.15) is 5.54 Å². The van der Waals surface area contributed by atoms with Gasteiger partial charge in [0.25, 0.3) is 0 Å². The van der Waals surface area contributed by atoms with Crippen LogP contribution in [0.4, 0.5) is 5.69 Å². The second-order valence-electron chi connectivity index (χ2n) is 5.76. The predicted octanol–water partition coefficient (Wildman–Crippen LogP) is 1.42. The molecule has 8 heteroatoms. The van der Waals surface area contributed by atoms with Crippen molar-refractivity contribution in [2.45, 2.75) is 26.3 Å². The number of hydrogen-bond acceptors (Lipinski definition) is 4. The van der Waals surface area contributed by atoms with Crippen LogP contribution in [-0.4, -0.2) is 38.2 Å². The number of rotatable bonds is 5. The van der Waals surface area contributed by atoms with E-state index in [2.05, 4.69) is 15.7 Å². The number of hydrogen-bond donors (Lipinski definition) is 3. The smallest absolute Gasteiger partial charge is 0.356 e. The number of carbonyl (C=O) groups excluding carboxylic acids is 2. The van der Waals surface area contributed by atoms with Crippen molar-refractivity contribution >= 4 is 23.5 Å². The molecular formula is C16H18N4O4. The molecule has 2 rings (SSSR count). The molecule has 1 heterocycles. The van der Waals surface area contributed by atoms with Crippen LogP contribution >= 0.6 is 0 Å². The molecule has 1 aromatic carbocycles. The lowest BCUT2D eigenvalue weighted by molar-refractivity contribution is -0.128. The second kappa shape index (κ2) is 6.53. The standard InChI is InChI=1S/C16H18N4O4/c1-10(21)18-16(2,3)15(24)17-11-5-4-6-12(9-11)20-8-7-13(19-20)14(22)23/h4-9H,1-3H3,(H,17,24)(H,18,21)(H,22,23). The Balaban J connectivity index is 2.19. The van der Waals surface area contributed by atoms with Crippen molar-refractivity contribution in [3.8, 4) is 5.69 Å². The van der Waals surface area contributed by atoms with Crippen LogP contribution in [0.3, 0.4) is 0 Å². The third-order valence-electron chi connectivity index (χ3n) is 3.23. The van der Waals surface area contributed by atoms with Gasteiger partial charge in [0.2, 0.25) is 11.8 Å². The maximum atomic E-state index is 12.3. The number of aromatic carboxylic acids is 1. The summed E-state index contributed by atoms with van der Waals surface area (Å²) >= 11 is 0. The van der Waals surface area contributed by atoms with Crippen LogP contribution in [-0.2, 0) is 9.59 Å².